The van der Waals surface area contributed by atoms with E-state index in [1.165, 1.54) is 5.56 Å². The van der Waals surface area contributed by atoms with E-state index in [0.717, 1.165) is 41.1 Å². The van der Waals surface area contributed by atoms with E-state index in [2.05, 4.69) is 21.2 Å². The van der Waals surface area contributed by atoms with Gasteiger partial charge in [0.25, 0.3) is 0 Å². The third kappa shape index (κ3) is 2.96. The second-order valence-electron chi connectivity index (χ2n) is 5.41. The molecule has 0 atom stereocenters. The molecule has 3 rings (SSSR count). The van der Waals surface area contributed by atoms with Gasteiger partial charge in [-0.25, -0.2) is 0 Å². The highest BCUT2D eigenvalue weighted by Gasteiger charge is 2.21. The number of halogens is 1. The molecular weight excluding hydrogens is 344 g/mol. The van der Waals surface area contributed by atoms with Crippen LogP contribution in [0.3, 0.4) is 0 Å². The number of carbonyl (C=O) groups is 1. The van der Waals surface area contributed by atoms with Crippen LogP contribution in [0.15, 0.2) is 34.9 Å². The second-order valence-corrected chi connectivity index (χ2v) is 6.22. The molecule has 1 aromatic heterocycles. The smallest absolute Gasteiger partial charge is 0.232 e. The maximum absolute atomic E-state index is 12.6. The fourth-order valence-electron chi connectivity index (χ4n) is 2.95. The summed E-state index contributed by atoms with van der Waals surface area (Å²) >= 11 is 3.52. The van der Waals surface area contributed by atoms with Crippen molar-refractivity contribution in [3.05, 3.63) is 51.8 Å². The van der Waals surface area contributed by atoms with Gasteiger partial charge in [0.15, 0.2) is 0 Å². The molecular formula is C17H19BrN2O2. The molecule has 5 heteroatoms. The lowest BCUT2D eigenvalue weighted by Gasteiger charge is -2.16. The minimum Gasteiger partial charge on any atom is -0.496 e. The normalized spacial score (nSPS) is 13.7. The number of methoxy groups -OCH3 is 1. The minimum atomic E-state index is 0.126. The number of rotatable bonds is 4. The molecule has 0 bridgehead atoms. The first kappa shape index (κ1) is 15.3. The van der Waals surface area contributed by atoms with Gasteiger partial charge >= 0.3 is 0 Å². The van der Waals surface area contributed by atoms with E-state index in [1.54, 1.807) is 7.11 Å². The predicted octanol–water partition coefficient (Wildman–Crippen LogP) is 3.18. The fraction of sp³-hybridized carbons (Fsp3) is 0.353. The van der Waals surface area contributed by atoms with Gasteiger partial charge in [-0.1, -0.05) is 18.2 Å². The monoisotopic (exact) mass is 362 g/mol. The van der Waals surface area contributed by atoms with Crippen LogP contribution in [-0.2, 0) is 19.4 Å². The molecule has 1 N–H and O–H groups in total. The summed E-state index contributed by atoms with van der Waals surface area (Å²) in [5, 5.41) is 3.33. The molecule has 0 spiro atoms. The highest BCUT2D eigenvalue weighted by molar-refractivity contribution is 9.10. The van der Waals surface area contributed by atoms with E-state index in [9.17, 15) is 4.79 Å². The summed E-state index contributed by atoms with van der Waals surface area (Å²) in [5.74, 6) is 0.967. The summed E-state index contributed by atoms with van der Waals surface area (Å²) in [5.41, 5.74) is 3.41. The largest absolute Gasteiger partial charge is 0.496 e. The molecule has 1 aliphatic heterocycles. The van der Waals surface area contributed by atoms with E-state index in [0.29, 0.717) is 12.8 Å². The first-order valence-electron chi connectivity index (χ1n) is 7.45. The molecule has 4 nitrogen and oxygen atoms in total. The van der Waals surface area contributed by atoms with Gasteiger partial charge in [-0.2, -0.15) is 0 Å². The highest BCUT2D eigenvalue weighted by atomic mass is 79.9. The molecule has 0 radical (unpaired) electrons. The predicted molar refractivity (Wildman–Crippen MR) is 89.5 cm³/mol. The Labute approximate surface area is 138 Å². The molecule has 1 aliphatic rings. The number of para-hydroxylation sites is 1. The molecule has 116 valence electrons. The van der Waals surface area contributed by atoms with Crippen molar-refractivity contribution in [2.45, 2.75) is 25.8 Å². The van der Waals surface area contributed by atoms with Gasteiger partial charge in [-0.3, -0.25) is 9.36 Å². The number of fused-ring (bicyclic) bond motifs is 1. The van der Waals surface area contributed by atoms with Gasteiger partial charge in [0.05, 0.1) is 11.7 Å². The Balaban J connectivity index is 1.77. The number of aromatic nitrogens is 1. The average molecular weight is 363 g/mol. The molecule has 0 aliphatic carbocycles. The Hall–Kier alpha value is -1.59. The van der Waals surface area contributed by atoms with Crippen LogP contribution in [0, 0.1) is 0 Å². The quantitative estimate of drug-likeness (QED) is 0.908. The van der Waals surface area contributed by atoms with E-state index in [4.69, 9.17) is 4.74 Å². The molecule has 2 aromatic rings. The summed E-state index contributed by atoms with van der Waals surface area (Å²) in [6, 6.07) is 9.90. The van der Waals surface area contributed by atoms with Crippen molar-refractivity contribution in [2.24, 2.45) is 0 Å². The summed E-state index contributed by atoms with van der Waals surface area (Å²) in [6.07, 6.45) is 2.04. The Kier molecular flexibility index (Phi) is 4.64. The number of benzene rings is 1. The zero-order valence-corrected chi connectivity index (χ0v) is 14.1. The van der Waals surface area contributed by atoms with Crippen LogP contribution in [0.5, 0.6) is 5.75 Å². The van der Waals surface area contributed by atoms with Crippen molar-refractivity contribution in [2.75, 3.05) is 13.7 Å². The molecule has 22 heavy (non-hydrogen) atoms. The first-order chi connectivity index (χ1) is 10.7. The van der Waals surface area contributed by atoms with Gasteiger partial charge < -0.3 is 10.1 Å². The van der Waals surface area contributed by atoms with E-state index in [1.807, 2.05) is 34.9 Å². The summed E-state index contributed by atoms with van der Waals surface area (Å²) < 4.78 is 8.02. The van der Waals surface area contributed by atoms with Gasteiger partial charge in [0, 0.05) is 31.6 Å². The topological polar surface area (TPSA) is 43.3 Å². The summed E-state index contributed by atoms with van der Waals surface area (Å²) in [7, 11) is 1.66. The number of hydrogen-bond acceptors (Lipinski definition) is 3. The minimum absolute atomic E-state index is 0.126. The van der Waals surface area contributed by atoms with Crippen molar-refractivity contribution in [3.63, 3.8) is 0 Å². The SMILES string of the molecule is COc1ccccc1CCC(=O)n1c(Br)cc2c1CCNC2. The van der Waals surface area contributed by atoms with Crippen molar-refractivity contribution >= 4 is 21.8 Å². The highest BCUT2D eigenvalue weighted by Crippen LogP contribution is 2.25. The van der Waals surface area contributed by atoms with E-state index in [-0.39, 0.29) is 5.91 Å². The van der Waals surface area contributed by atoms with Crippen LogP contribution in [0.4, 0.5) is 0 Å². The van der Waals surface area contributed by atoms with Crippen LogP contribution in [0.25, 0.3) is 0 Å². The van der Waals surface area contributed by atoms with Gasteiger partial charge in [-0.15, -0.1) is 0 Å². The zero-order chi connectivity index (χ0) is 15.5. The molecule has 0 amide bonds. The van der Waals surface area contributed by atoms with Crippen molar-refractivity contribution < 1.29 is 9.53 Å². The number of aryl methyl sites for hydroxylation is 1. The maximum Gasteiger partial charge on any atom is 0.232 e. The lowest BCUT2D eigenvalue weighted by molar-refractivity contribution is 0.0897. The third-order valence-electron chi connectivity index (χ3n) is 4.05. The van der Waals surface area contributed by atoms with Crippen LogP contribution < -0.4 is 10.1 Å². The molecule has 0 unspecified atom stereocenters. The van der Waals surface area contributed by atoms with Crippen molar-refractivity contribution in [1.29, 1.82) is 0 Å². The van der Waals surface area contributed by atoms with E-state index >= 15 is 0 Å². The summed E-state index contributed by atoms with van der Waals surface area (Å²) in [4.78, 5) is 12.6. The third-order valence-corrected chi connectivity index (χ3v) is 4.64. The Morgan fingerprint density at radius 3 is 3.05 bits per heavy atom. The maximum atomic E-state index is 12.6. The van der Waals surface area contributed by atoms with Crippen LogP contribution >= 0.6 is 15.9 Å². The first-order valence-corrected chi connectivity index (χ1v) is 8.25. The number of ether oxygens (including phenoxy) is 1. The lowest BCUT2D eigenvalue weighted by Crippen LogP contribution is -2.26. The molecule has 0 fully saturated rings. The number of nitrogens with one attached hydrogen (secondary N) is 1. The number of carbonyl (C=O) groups excluding carboxylic acids is 1. The number of hydrogen-bond donors (Lipinski definition) is 1. The van der Waals surface area contributed by atoms with E-state index < -0.39 is 0 Å². The van der Waals surface area contributed by atoms with Gasteiger partial charge in [0.1, 0.15) is 5.75 Å². The molecule has 0 saturated carbocycles. The molecule has 1 aromatic carbocycles. The Bertz CT molecular complexity index is 694. The second kappa shape index (κ2) is 6.67. The van der Waals surface area contributed by atoms with Crippen molar-refractivity contribution in [3.8, 4) is 5.75 Å². The zero-order valence-electron chi connectivity index (χ0n) is 12.6. The van der Waals surface area contributed by atoms with Crippen molar-refractivity contribution in [1.82, 2.24) is 9.88 Å². The van der Waals surface area contributed by atoms with Crippen LogP contribution in [0.1, 0.15) is 28.0 Å². The summed E-state index contributed by atoms with van der Waals surface area (Å²) in [6.45, 7) is 1.75. The lowest BCUT2D eigenvalue weighted by atomic mass is 10.1. The molecule has 0 saturated heterocycles. The standard InChI is InChI=1S/C17H19BrN2O2/c1-22-15-5-3-2-4-12(15)6-7-17(21)20-14-8-9-19-11-13(14)10-16(20)18/h2-5,10,19H,6-9,11H2,1H3. The Morgan fingerprint density at radius 1 is 1.41 bits per heavy atom. The van der Waals surface area contributed by atoms with Crippen LogP contribution in [0.2, 0.25) is 0 Å². The average Bonchev–Trinajstić information content (AvgIpc) is 2.88. The Morgan fingerprint density at radius 2 is 2.23 bits per heavy atom. The number of nitrogens with zero attached hydrogens (tertiary/aromatic N) is 1. The fourth-order valence-corrected chi connectivity index (χ4v) is 3.64. The molecule has 2 heterocycles. The van der Waals surface area contributed by atoms with Gasteiger partial charge in [-0.05, 0) is 45.6 Å². The van der Waals surface area contributed by atoms with Gasteiger partial charge in [0.2, 0.25) is 5.91 Å². The van der Waals surface area contributed by atoms with Crippen LogP contribution in [-0.4, -0.2) is 24.1 Å².